The smallest absolute Gasteiger partial charge is 0.349 e. The molecular formula is C16H7ClFNO3. The van der Waals surface area contributed by atoms with Crippen molar-refractivity contribution in [1.82, 2.24) is 4.98 Å². The summed E-state index contributed by atoms with van der Waals surface area (Å²) < 4.78 is 23.8. The van der Waals surface area contributed by atoms with E-state index in [-0.39, 0.29) is 17.0 Å². The van der Waals surface area contributed by atoms with E-state index in [1.165, 1.54) is 12.1 Å². The number of aromatic nitrogens is 1. The summed E-state index contributed by atoms with van der Waals surface area (Å²) in [5.41, 5.74) is 0.759. The Balaban J connectivity index is 1.97. The highest BCUT2D eigenvalue weighted by atomic mass is 35.5. The molecule has 0 saturated heterocycles. The SMILES string of the molecule is O=c1oc2cc(F)ccc2cc1-c1nc2cc(Cl)ccc2o1. The van der Waals surface area contributed by atoms with E-state index in [0.29, 0.717) is 21.5 Å². The van der Waals surface area contributed by atoms with Crippen LogP contribution in [0.3, 0.4) is 0 Å². The Bertz CT molecular complexity index is 1080. The van der Waals surface area contributed by atoms with Gasteiger partial charge in [-0.25, -0.2) is 14.2 Å². The molecule has 0 radical (unpaired) electrons. The lowest BCUT2D eigenvalue weighted by molar-refractivity contribution is 0.548. The van der Waals surface area contributed by atoms with Crippen molar-refractivity contribution in [2.75, 3.05) is 0 Å². The molecular weight excluding hydrogens is 309 g/mol. The highest BCUT2D eigenvalue weighted by molar-refractivity contribution is 6.31. The number of nitrogens with zero attached hydrogens (tertiary/aromatic N) is 1. The lowest BCUT2D eigenvalue weighted by atomic mass is 10.2. The van der Waals surface area contributed by atoms with Gasteiger partial charge in [-0.15, -0.1) is 0 Å². The molecule has 0 aliphatic rings. The van der Waals surface area contributed by atoms with Crippen molar-refractivity contribution in [3.8, 4) is 11.5 Å². The van der Waals surface area contributed by atoms with Crippen molar-refractivity contribution in [3.63, 3.8) is 0 Å². The third-order valence-corrected chi connectivity index (χ3v) is 3.51. The molecule has 0 aliphatic carbocycles. The minimum Gasteiger partial charge on any atom is -0.436 e. The maximum absolute atomic E-state index is 13.2. The van der Waals surface area contributed by atoms with Gasteiger partial charge in [0, 0.05) is 16.5 Å². The lowest BCUT2D eigenvalue weighted by Crippen LogP contribution is -2.02. The molecule has 108 valence electrons. The first kappa shape index (κ1) is 13.0. The van der Waals surface area contributed by atoms with Crippen LogP contribution in [-0.4, -0.2) is 4.98 Å². The van der Waals surface area contributed by atoms with E-state index in [1.54, 1.807) is 24.3 Å². The molecule has 0 spiro atoms. The molecule has 0 bridgehead atoms. The topological polar surface area (TPSA) is 56.2 Å². The highest BCUT2D eigenvalue weighted by Gasteiger charge is 2.15. The minimum atomic E-state index is -0.643. The van der Waals surface area contributed by atoms with Gasteiger partial charge in [-0.1, -0.05) is 11.6 Å². The van der Waals surface area contributed by atoms with Crippen LogP contribution >= 0.6 is 11.6 Å². The van der Waals surface area contributed by atoms with E-state index in [9.17, 15) is 9.18 Å². The van der Waals surface area contributed by atoms with E-state index in [2.05, 4.69) is 4.98 Å². The van der Waals surface area contributed by atoms with Crippen LogP contribution in [0.5, 0.6) is 0 Å². The number of hydrogen-bond acceptors (Lipinski definition) is 4. The van der Waals surface area contributed by atoms with Crippen molar-refractivity contribution in [1.29, 1.82) is 0 Å². The Morgan fingerprint density at radius 1 is 1.00 bits per heavy atom. The first-order chi connectivity index (χ1) is 10.6. The molecule has 4 aromatic rings. The largest absolute Gasteiger partial charge is 0.436 e. The van der Waals surface area contributed by atoms with Crippen molar-refractivity contribution < 1.29 is 13.2 Å². The zero-order valence-electron chi connectivity index (χ0n) is 11.0. The summed E-state index contributed by atoms with van der Waals surface area (Å²) in [6.45, 7) is 0. The number of halogens is 2. The Morgan fingerprint density at radius 3 is 2.73 bits per heavy atom. The second-order valence-corrected chi connectivity index (χ2v) is 5.20. The summed E-state index contributed by atoms with van der Waals surface area (Å²) in [6.07, 6.45) is 0. The maximum atomic E-state index is 13.2. The quantitative estimate of drug-likeness (QED) is 0.489. The van der Waals surface area contributed by atoms with Crippen LogP contribution in [0.1, 0.15) is 0 Å². The van der Waals surface area contributed by atoms with Crippen LogP contribution in [0.2, 0.25) is 5.02 Å². The molecule has 22 heavy (non-hydrogen) atoms. The molecule has 2 heterocycles. The van der Waals surface area contributed by atoms with E-state index >= 15 is 0 Å². The average molecular weight is 316 g/mol. The summed E-state index contributed by atoms with van der Waals surface area (Å²) in [5.74, 6) is -0.336. The van der Waals surface area contributed by atoms with E-state index in [4.69, 9.17) is 20.4 Å². The zero-order chi connectivity index (χ0) is 15.3. The number of fused-ring (bicyclic) bond motifs is 2. The maximum Gasteiger partial charge on any atom is 0.349 e. The summed E-state index contributed by atoms with van der Waals surface area (Å²) >= 11 is 5.90. The second-order valence-electron chi connectivity index (χ2n) is 4.76. The number of hydrogen-bond donors (Lipinski definition) is 0. The van der Waals surface area contributed by atoms with Gasteiger partial charge >= 0.3 is 5.63 Å². The minimum absolute atomic E-state index is 0.136. The van der Waals surface area contributed by atoms with Crippen LogP contribution in [0.15, 0.2) is 56.1 Å². The second kappa shape index (κ2) is 4.68. The molecule has 2 aromatic carbocycles. The van der Waals surface area contributed by atoms with Crippen LogP contribution in [0.4, 0.5) is 4.39 Å². The third kappa shape index (κ3) is 2.07. The normalized spacial score (nSPS) is 11.4. The molecule has 0 aliphatic heterocycles. The molecule has 0 fully saturated rings. The average Bonchev–Trinajstić information content (AvgIpc) is 2.89. The fourth-order valence-corrected chi connectivity index (χ4v) is 2.42. The van der Waals surface area contributed by atoms with Crippen LogP contribution in [0.25, 0.3) is 33.5 Å². The van der Waals surface area contributed by atoms with Gasteiger partial charge in [-0.2, -0.15) is 0 Å². The van der Waals surface area contributed by atoms with Gasteiger partial charge in [-0.05, 0) is 36.4 Å². The van der Waals surface area contributed by atoms with Crippen molar-refractivity contribution in [3.05, 3.63) is 63.7 Å². The van der Waals surface area contributed by atoms with Crippen LogP contribution in [-0.2, 0) is 0 Å². The van der Waals surface area contributed by atoms with Crippen molar-refractivity contribution in [2.45, 2.75) is 0 Å². The van der Waals surface area contributed by atoms with E-state index < -0.39 is 11.4 Å². The number of benzene rings is 2. The third-order valence-electron chi connectivity index (χ3n) is 3.28. The molecule has 0 saturated carbocycles. The monoisotopic (exact) mass is 315 g/mol. The lowest BCUT2D eigenvalue weighted by Gasteiger charge is -1.98. The molecule has 0 N–H and O–H groups in total. The Morgan fingerprint density at radius 2 is 1.86 bits per heavy atom. The van der Waals surface area contributed by atoms with Gasteiger partial charge in [0.25, 0.3) is 0 Å². The predicted octanol–water partition coefficient (Wildman–Crippen LogP) is 4.39. The summed E-state index contributed by atoms with van der Waals surface area (Å²) in [5, 5.41) is 1.10. The molecule has 4 nitrogen and oxygen atoms in total. The summed E-state index contributed by atoms with van der Waals surface area (Å²) in [4.78, 5) is 16.3. The van der Waals surface area contributed by atoms with Gasteiger partial charge in [0.15, 0.2) is 5.58 Å². The Hall–Kier alpha value is -2.66. The van der Waals surface area contributed by atoms with Gasteiger partial charge in [0.2, 0.25) is 5.89 Å². The fraction of sp³-hybridized carbons (Fsp3) is 0. The number of rotatable bonds is 1. The van der Waals surface area contributed by atoms with Crippen molar-refractivity contribution >= 4 is 33.7 Å². The van der Waals surface area contributed by atoms with Gasteiger partial charge in [0.1, 0.15) is 22.5 Å². The van der Waals surface area contributed by atoms with Crippen LogP contribution in [0, 0.1) is 5.82 Å². The first-order valence-electron chi connectivity index (χ1n) is 6.40. The predicted molar refractivity (Wildman–Crippen MR) is 80.5 cm³/mol. The standard InChI is InChI=1S/C16H7ClFNO3/c17-9-2-4-13-12(6-9)19-15(21-13)11-5-8-1-3-10(18)7-14(8)22-16(11)20/h1-7H. The Labute approximate surface area is 127 Å². The van der Waals surface area contributed by atoms with Gasteiger partial charge in [0.05, 0.1) is 0 Å². The summed E-state index contributed by atoms with van der Waals surface area (Å²) in [6, 6.07) is 10.5. The Kier molecular flexibility index (Phi) is 2.77. The molecule has 6 heteroatoms. The number of oxazole rings is 1. The van der Waals surface area contributed by atoms with E-state index in [0.717, 1.165) is 6.07 Å². The zero-order valence-corrected chi connectivity index (χ0v) is 11.7. The van der Waals surface area contributed by atoms with Crippen molar-refractivity contribution in [2.24, 2.45) is 0 Å². The molecule has 0 atom stereocenters. The first-order valence-corrected chi connectivity index (χ1v) is 6.78. The molecule has 0 amide bonds. The van der Waals surface area contributed by atoms with Crippen LogP contribution < -0.4 is 5.63 Å². The van der Waals surface area contributed by atoms with Gasteiger partial charge < -0.3 is 8.83 Å². The van der Waals surface area contributed by atoms with E-state index in [1.807, 2.05) is 0 Å². The molecule has 4 rings (SSSR count). The van der Waals surface area contributed by atoms with Gasteiger partial charge in [-0.3, -0.25) is 0 Å². The summed E-state index contributed by atoms with van der Waals surface area (Å²) in [7, 11) is 0. The highest BCUT2D eigenvalue weighted by Crippen LogP contribution is 2.26. The molecule has 2 aromatic heterocycles. The fourth-order valence-electron chi connectivity index (χ4n) is 2.25. The molecule has 0 unspecified atom stereocenters.